The zero-order valence-electron chi connectivity index (χ0n) is 10.6. The summed E-state index contributed by atoms with van der Waals surface area (Å²) in [5, 5.41) is 22.3. The number of azide groups is 1. The zero-order valence-corrected chi connectivity index (χ0v) is 10.6. The summed E-state index contributed by atoms with van der Waals surface area (Å²) >= 11 is 0. The van der Waals surface area contributed by atoms with E-state index in [9.17, 15) is 14.7 Å². The number of nitrogens with zero attached hydrogens (tertiary/aromatic N) is 4. The summed E-state index contributed by atoms with van der Waals surface area (Å²) in [7, 11) is 0. The maximum atomic E-state index is 11.9. The maximum Gasteiger partial charge on any atom is 0.330 e. The van der Waals surface area contributed by atoms with E-state index in [4.69, 9.17) is 15.4 Å². The van der Waals surface area contributed by atoms with Crippen LogP contribution in [0.4, 0.5) is 0 Å². The number of aromatic amines is 1. The topological polar surface area (TPSA) is 153 Å². The first-order valence-electron chi connectivity index (χ1n) is 5.79. The lowest BCUT2D eigenvalue weighted by Crippen LogP contribution is -2.43. The predicted molar refractivity (Wildman–Crippen MR) is 65.8 cm³/mol. The van der Waals surface area contributed by atoms with Crippen molar-refractivity contribution in [3.05, 3.63) is 43.0 Å². The van der Waals surface area contributed by atoms with Crippen molar-refractivity contribution in [1.29, 1.82) is 0 Å². The number of hydrogen-bond donors (Lipinski definition) is 3. The molecule has 0 bridgehead atoms. The summed E-state index contributed by atoms with van der Waals surface area (Å²) in [5.41, 5.74) is 7.47. The van der Waals surface area contributed by atoms with Crippen molar-refractivity contribution in [3.63, 3.8) is 0 Å². The van der Waals surface area contributed by atoms with Gasteiger partial charge in [-0.1, -0.05) is 0 Å². The van der Waals surface area contributed by atoms with E-state index < -0.39 is 35.9 Å². The van der Waals surface area contributed by atoms with Gasteiger partial charge in [0.15, 0.2) is 0 Å². The Morgan fingerprint density at radius 3 is 2.95 bits per heavy atom. The van der Waals surface area contributed by atoms with Crippen molar-refractivity contribution in [3.8, 4) is 0 Å². The van der Waals surface area contributed by atoms with Crippen LogP contribution in [-0.2, 0) is 10.6 Å². The second kappa shape index (κ2) is 5.10. The smallest absolute Gasteiger partial charge is 0.330 e. The van der Waals surface area contributed by atoms with E-state index in [1.165, 1.54) is 13.1 Å². The average Bonchev–Trinajstić information content (AvgIpc) is 2.71. The third-order valence-electron chi connectivity index (χ3n) is 3.12. The highest BCUT2D eigenvalue weighted by Gasteiger charge is 2.47. The first kappa shape index (κ1) is 14.3. The van der Waals surface area contributed by atoms with Gasteiger partial charge in [-0.05, 0) is 17.6 Å². The van der Waals surface area contributed by atoms with E-state index in [1.54, 1.807) is 0 Å². The number of aryl methyl sites for hydroxylation is 1. The van der Waals surface area contributed by atoms with Crippen LogP contribution < -0.4 is 11.2 Å². The Morgan fingerprint density at radius 2 is 2.40 bits per heavy atom. The Balaban J connectivity index is 2.62. The molecule has 108 valence electrons. The molecule has 1 saturated heterocycles. The van der Waals surface area contributed by atoms with E-state index in [2.05, 4.69) is 15.0 Å². The number of aliphatic hydroxyl groups is 2. The summed E-state index contributed by atoms with van der Waals surface area (Å²) in [6.07, 6.45) is -1.13. The molecule has 3 N–H and O–H groups in total. The Labute approximate surface area is 111 Å². The molecular weight excluding hydrogens is 270 g/mol. The van der Waals surface area contributed by atoms with Gasteiger partial charge in [0.25, 0.3) is 5.56 Å². The number of aliphatic hydroxyl groups excluding tert-OH is 2. The molecule has 2 heterocycles. The molecule has 1 aliphatic heterocycles. The molecule has 1 fully saturated rings. The summed E-state index contributed by atoms with van der Waals surface area (Å²) in [6, 6.07) is 0. The average molecular weight is 283 g/mol. The highest BCUT2D eigenvalue weighted by atomic mass is 16.6. The number of ether oxygens (including phenoxy) is 1. The molecule has 0 unspecified atom stereocenters. The molecule has 3 atom stereocenters. The number of nitrogens with one attached hydrogen (secondary N) is 1. The number of H-pyrrole nitrogens is 1. The Kier molecular flexibility index (Phi) is 3.64. The van der Waals surface area contributed by atoms with Crippen LogP contribution in [0.3, 0.4) is 0 Å². The fourth-order valence-electron chi connectivity index (χ4n) is 2.10. The van der Waals surface area contributed by atoms with Crippen molar-refractivity contribution in [1.82, 2.24) is 9.55 Å². The van der Waals surface area contributed by atoms with Crippen LogP contribution in [0.25, 0.3) is 10.4 Å². The largest absolute Gasteiger partial charge is 0.394 e. The third kappa shape index (κ3) is 2.21. The fourth-order valence-corrected chi connectivity index (χ4v) is 2.10. The van der Waals surface area contributed by atoms with Crippen LogP contribution in [0.15, 0.2) is 20.9 Å². The van der Waals surface area contributed by atoms with E-state index in [-0.39, 0.29) is 12.0 Å². The molecule has 20 heavy (non-hydrogen) atoms. The molecular formula is C10H13N5O5. The van der Waals surface area contributed by atoms with Gasteiger partial charge in [0.1, 0.15) is 6.10 Å². The van der Waals surface area contributed by atoms with E-state index in [0.717, 1.165) is 4.57 Å². The molecule has 0 amide bonds. The monoisotopic (exact) mass is 283 g/mol. The molecule has 1 aromatic heterocycles. The first-order valence-corrected chi connectivity index (χ1v) is 5.79. The minimum Gasteiger partial charge on any atom is -0.394 e. The van der Waals surface area contributed by atoms with Gasteiger partial charge >= 0.3 is 5.69 Å². The second-order valence-corrected chi connectivity index (χ2v) is 4.48. The molecule has 0 saturated carbocycles. The molecule has 0 radical (unpaired) electrons. The molecule has 10 nitrogen and oxygen atoms in total. The molecule has 0 aliphatic carbocycles. The van der Waals surface area contributed by atoms with Crippen molar-refractivity contribution < 1.29 is 14.9 Å². The lowest BCUT2D eigenvalue weighted by atomic mass is 10.1. The van der Waals surface area contributed by atoms with Gasteiger partial charge in [0.05, 0.1) is 12.7 Å². The highest BCUT2D eigenvalue weighted by Crippen LogP contribution is 2.35. The van der Waals surface area contributed by atoms with Crippen molar-refractivity contribution >= 4 is 0 Å². The second-order valence-electron chi connectivity index (χ2n) is 4.48. The summed E-state index contributed by atoms with van der Waals surface area (Å²) in [5.74, 6) is -1.81. The summed E-state index contributed by atoms with van der Waals surface area (Å²) in [6.45, 7) is 0.967. The van der Waals surface area contributed by atoms with Gasteiger partial charge in [-0.2, -0.15) is 0 Å². The fraction of sp³-hybridized carbons (Fsp3) is 0.600. The standard InChI is InChI=1S/C10H13N5O5/c1-5-3-15(9(19)12-8(5)18)10(13-14-11)2-6(17)7(4-16)20-10/h3,6-7,16-17H,2,4H2,1H3,(H,12,18,19)/t6-,7+,10-/m0/s1. The highest BCUT2D eigenvalue weighted by molar-refractivity contribution is 5.04. The van der Waals surface area contributed by atoms with Gasteiger partial charge in [-0.3, -0.25) is 14.3 Å². The van der Waals surface area contributed by atoms with Crippen LogP contribution in [-0.4, -0.2) is 38.6 Å². The molecule has 10 heteroatoms. The molecule has 0 aromatic carbocycles. The van der Waals surface area contributed by atoms with Crippen LogP contribution in [0, 0.1) is 6.92 Å². The van der Waals surface area contributed by atoms with Crippen LogP contribution in [0.1, 0.15) is 12.0 Å². The number of rotatable bonds is 3. The molecule has 1 aromatic rings. The van der Waals surface area contributed by atoms with Crippen molar-refractivity contribution in [2.75, 3.05) is 6.61 Å². The third-order valence-corrected chi connectivity index (χ3v) is 3.12. The minimum atomic E-state index is -1.81. The van der Waals surface area contributed by atoms with Gasteiger partial charge in [0, 0.05) is 23.1 Å². The number of aromatic nitrogens is 2. The Morgan fingerprint density at radius 1 is 1.70 bits per heavy atom. The molecule has 1 aliphatic rings. The van der Waals surface area contributed by atoms with Crippen molar-refractivity contribution in [2.24, 2.45) is 5.11 Å². The predicted octanol–water partition coefficient (Wildman–Crippen LogP) is -1.09. The van der Waals surface area contributed by atoms with E-state index in [0.29, 0.717) is 0 Å². The van der Waals surface area contributed by atoms with Gasteiger partial charge in [0.2, 0.25) is 5.85 Å². The Hall–Kier alpha value is -2.13. The SMILES string of the molecule is Cc1cn([C@@]2(N=[N+]=[N-])C[C@H](O)[C@@H](CO)O2)c(=O)[nH]c1=O. The maximum absolute atomic E-state index is 11.9. The van der Waals surface area contributed by atoms with Crippen LogP contribution in [0.5, 0.6) is 0 Å². The number of hydrogen-bond acceptors (Lipinski definition) is 6. The van der Waals surface area contributed by atoms with Crippen LogP contribution in [0.2, 0.25) is 0 Å². The van der Waals surface area contributed by atoms with E-state index >= 15 is 0 Å². The summed E-state index contributed by atoms with van der Waals surface area (Å²) in [4.78, 5) is 27.9. The van der Waals surface area contributed by atoms with Gasteiger partial charge < -0.3 is 14.9 Å². The lowest BCUT2D eigenvalue weighted by molar-refractivity contribution is -0.115. The van der Waals surface area contributed by atoms with Gasteiger partial charge in [-0.25, -0.2) is 4.79 Å². The van der Waals surface area contributed by atoms with Gasteiger partial charge in [-0.15, -0.1) is 0 Å². The van der Waals surface area contributed by atoms with Crippen molar-refractivity contribution in [2.45, 2.75) is 31.4 Å². The summed E-state index contributed by atoms with van der Waals surface area (Å²) < 4.78 is 6.24. The van der Waals surface area contributed by atoms with E-state index in [1.807, 2.05) is 0 Å². The Bertz CT molecular complexity index is 675. The first-order chi connectivity index (χ1) is 9.43. The van der Waals surface area contributed by atoms with Crippen LogP contribution >= 0.6 is 0 Å². The molecule has 0 spiro atoms. The zero-order chi connectivity index (χ0) is 14.9. The normalized spacial score (nSPS) is 29.1. The minimum absolute atomic E-state index is 0.211. The lowest BCUT2D eigenvalue weighted by Gasteiger charge is -2.25. The molecule has 2 rings (SSSR count). The quantitative estimate of drug-likeness (QED) is 0.365.